The van der Waals surface area contributed by atoms with Gasteiger partial charge in [-0.3, -0.25) is 9.59 Å². The predicted octanol–water partition coefficient (Wildman–Crippen LogP) is 4.52. The minimum absolute atomic E-state index is 0.00913. The van der Waals surface area contributed by atoms with Crippen LogP contribution in [0.15, 0.2) is 42.5 Å². The molecule has 0 N–H and O–H groups in total. The molecule has 0 aliphatic rings. The van der Waals surface area contributed by atoms with Crippen LogP contribution in [0.1, 0.15) is 35.7 Å². The number of methoxy groups -OCH3 is 2. The van der Waals surface area contributed by atoms with E-state index in [1.54, 1.807) is 42.5 Å². The molecule has 1 atom stereocenters. The summed E-state index contributed by atoms with van der Waals surface area (Å²) in [4.78, 5) is 25.0. The van der Waals surface area contributed by atoms with Crippen LogP contribution in [0.5, 0.6) is 11.5 Å². The number of hydrogen-bond acceptors (Lipinski definition) is 5. The van der Waals surface area contributed by atoms with E-state index in [4.69, 9.17) is 25.8 Å². The Bertz CT molecular complexity index is 799. The third-order valence-corrected chi connectivity index (χ3v) is 4.45. The smallest absolute Gasteiger partial charge is 0.314 e. The van der Waals surface area contributed by atoms with E-state index in [1.165, 1.54) is 14.2 Å². The number of hydrogen-bond donors (Lipinski definition) is 0. The number of carbonyl (C=O) groups excluding carboxylic acids is 2. The molecule has 0 heterocycles. The van der Waals surface area contributed by atoms with Crippen molar-refractivity contribution in [2.75, 3.05) is 20.8 Å². The Hall–Kier alpha value is -2.53. The van der Waals surface area contributed by atoms with Crippen LogP contribution in [0.2, 0.25) is 5.02 Å². The number of esters is 1. The van der Waals surface area contributed by atoms with Gasteiger partial charge >= 0.3 is 5.97 Å². The van der Waals surface area contributed by atoms with E-state index in [2.05, 4.69) is 0 Å². The number of benzene rings is 2. The van der Waals surface area contributed by atoms with E-state index in [1.807, 2.05) is 13.8 Å². The van der Waals surface area contributed by atoms with Crippen molar-refractivity contribution in [3.63, 3.8) is 0 Å². The van der Waals surface area contributed by atoms with Gasteiger partial charge in [-0.25, -0.2) is 0 Å². The van der Waals surface area contributed by atoms with Crippen molar-refractivity contribution in [2.24, 2.45) is 5.92 Å². The summed E-state index contributed by atoms with van der Waals surface area (Å²) in [7, 11) is 3.01. The summed E-state index contributed by atoms with van der Waals surface area (Å²) in [6, 6.07) is 11.9. The average Bonchev–Trinajstić information content (AvgIpc) is 2.66. The van der Waals surface area contributed by atoms with Crippen LogP contribution in [0, 0.1) is 5.92 Å². The van der Waals surface area contributed by atoms with Crippen LogP contribution < -0.4 is 9.47 Å². The molecule has 144 valence electrons. The number of carbonyl (C=O) groups is 2. The van der Waals surface area contributed by atoms with Crippen molar-refractivity contribution in [3.8, 4) is 11.5 Å². The Morgan fingerprint density at radius 2 is 1.59 bits per heavy atom. The fourth-order valence-electron chi connectivity index (χ4n) is 2.78. The Labute approximate surface area is 164 Å². The first kappa shape index (κ1) is 20.8. The molecule has 0 aromatic heterocycles. The zero-order valence-electron chi connectivity index (χ0n) is 15.8. The van der Waals surface area contributed by atoms with Gasteiger partial charge in [0, 0.05) is 10.6 Å². The van der Waals surface area contributed by atoms with Crippen molar-refractivity contribution in [1.29, 1.82) is 0 Å². The lowest BCUT2D eigenvalue weighted by Gasteiger charge is -2.20. The standard InChI is InChI=1S/C21H23ClO5/c1-13(2)20(14-5-8-16(22)9-6-14)21(24)27-12-17(23)15-7-10-18(25-3)19(11-15)26-4/h5-11,13,20H,12H2,1-4H3/t20-/m1/s1. The van der Waals surface area contributed by atoms with E-state index >= 15 is 0 Å². The second kappa shape index (κ2) is 9.42. The molecule has 0 saturated carbocycles. The average molecular weight is 391 g/mol. The van der Waals surface area contributed by atoms with Crippen LogP contribution in [0.4, 0.5) is 0 Å². The topological polar surface area (TPSA) is 61.8 Å². The maximum atomic E-state index is 12.6. The molecule has 0 aliphatic heterocycles. The largest absolute Gasteiger partial charge is 0.493 e. The minimum atomic E-state index is -0.472. The van der Waals surface area contributed by atoms with Crippen LogP contribution in [0.3, 0.4) is 0 Å². The maximum absolute atomic E-state index is 12.6. The van der Waals surface area contributed by atoms with Crippen molar-refractivity contribution >= 4 is 23.4 Å². The molecule has 0 radical (unpaired) electrons. The summed E-state index contributed by atoms with van der Waals surface area (Å²) in [6.45, 7) is 3.51. The van der Waals surface area contributed by atoms with Crippen LogP contribution in [-0.4, -0.2) is 32.6 Å². The van der Waals surface area contributed by atoms with Gasteiger partial charge in [-0.2, -0.15) is 0 Å². The molecule has 5 nitrogen and oxygen atoms in total. The van der Waals surface area contributed by atoms with Crippen molar-refractivity contribution < 1.29 is 23.8 Å². The van der Waals surface area contributed by atoms with Gasteiger partial charge in [0.1, 0.15) is 0 Å². The first-order valence-electron chi connectivity index (χ1n) is 8.54. The highest BCUT2D eigenvalue weighted by Gasteiger charge is 2.26. The number of Topliss-reactive ketones (excluding diaryl/α,β-unsaturated/α-hetero) is 1. The molecule has 0 unspecified atom stereocenters. The second-order valence-corrected chi connectivity index (χ2v) is 6.81. The summed E-state index contributed by atoms with van der Waals surface area (Å²) < 4.78 is 15.7. The quantitative estimate of drug-likeness (QED) is 0.489. The van der Waals surface area contributed by atoms with Gasteiger partial charge in [0.25, 0.3) is 0 Å². The monoisotopic (exact) mass is 390 g/mol. The number of ketones is 1. The van der Waals surface area contributed by atoms with Gasteiger partial charge in [0.05, 0.1) is 20.1 Å². The summed E-state index contributed by atoms with van der Waals surface area (Å²) >= 11 is 5.91. The Balaban J connectivity index is 2.08. The van der Waals surface area contributed by atoms with E-state index in [9.17, 15) is 9.59 Å². The molecular weight excluding hydrogens is 368 g/mol. The molecule has 0 aliphatic carbocycles. The number of ether oxygens (including phenoxy) is 3. The van der Waals surface area contributed by atoms with Gasteiger partial charge in [0.15, 0.2) is 23.9 Å². The molecule has 27 heavy (non-hydrogen) atoms. The molecule has 0 bridgehead atoms. The summed E-state index contributed by atoms with van der Waals surface area (Å²) in [5.74, 6) is -0.260. The molecule has 0 amide bonds. The highest BCUT2D eigenvalue weighted by molar-refractivity contribution is 6.30. The molecular formula is C21H23ClO5. The Kier molecular flexibility index (Phi) is 7.25. The molecule has 0 saturated heterocycles. The zero-order chi connectivity index (χ0) is 20.0. The zero-order valence-corrected chi connectivity index (χ0v) is 16.6. The highest BCUT2D eigenvalue weighted by Crippen LogP contribution is 2.29. The molecule has 2 aromatic rings. The molecule has 2 aromatic carbocycles. The number of halogens is 1. The van der Waals surface area contributed by atoms with Gasteiger partial charge < -0.3 is 14.2 Å². The lowest BCUT2D eigenvalue weighted by molar-refractivity contribution is -0.145. The van der Waals surface area contributed by atoms with Crippen LogP contribution in [0.25, 0.3) is 0 Å². The maximum Gasteiger partial charge on any atom is 0.314 e. The van der Waals surface area contributed by atoms with E-state index in [-0.39, 0.29) is 18.3 Å². The van der Waals surface area contributed by atoms with E-state index in [0.717, 1.165) is 5.56 Å². The SMILES string of the molecule is COc1ccc(C(=O)COC(=O)[C@@H](c2ccc(Cl)cc2)C(C)C)cc1OC. The molecule has 6 heteroatoms. The van der Waals surface area contributed by atoms with Gasteiger partial charge in [-0.05, 0) is 41.8 Å². The highest BCUT2D eigenvalue weighted by atomic mass is 35.5. The Morgan fingerprint density at radius 3 is 2.15 bits per heavy atom. The first-order chi connectivity index (χ1) is 12.9. The second-order valence-electron chi connectivity index (χ2n) is 6.37. The van der Waals surface area contributed by atoms with E-state index < -0.39 is 11.9 Å². The van der Waals surface area contributed by atoms with Gasteiger partial charge in [0.2, 0.25) is 0 Å². The predicted molar refractivity (Wildman–Crippen MR) is 104 cm³/mol. The number of rotatable bonds is 8. The van der Waals surface area contributed by atoms with Gasteiger partial charge in [-0.1, -0.05) is 37.6 Å². The summed E-state index contributed by atoms with van der Waals surface area (Å²) in [6.07, 6.45) is 0. The lowest BCUT2D eigenvalue weighted by Crippen LogP contribution is -2.23. The normalized spacial score (nSPS) is 11.8. The minimum Gasteiger partial charge on any atom is -0.493 e. The molecule has 0 fully saturated rings. The van der Waals surface area contributed by atoms with Crippen molar-refractivity contribution in [1.82, 2.24) is 0 Å². The summed E-state index contributed by atoms with van der Waals surface area (Å²) in [5, 5.41) is 0.596. The third kappa shape index (κ3) is 5.23. The van der Waals surface area contributed by atoms with Crippen LogP contribution >= 0.6 is 11.6 Å². The fraction of sp³-hybridized carbons (Fsp3) is 0.333. The van der Waals surface area contributed by atoms with Crippen LogP contribution in [-0.2, 0) is 9.53 Å². The molecule has 2 rings (SSSR count). The van der Waals surface area contributed by atoms with Gasteiger partial charge in [-0.15, -0.1) is 0 Å². The fourth-order valence-corrected chi connectivity index (χ4v) is 2.91. The van der Waals surface area contributed by atoms with E-state index in [0.29, 0.717) is 22.1 Å². The van der Waals surface area contributed by atoms with Crippen molar-refractivity contribution in [3.05, 3.63) is 58.6 Å². The lowest BCUT2D eigenvalue weighted by atomic mass is 9.88. The third-order valence-electron chi connectivity index (χ3n) is 4.20. The first-order valence-corrected chi connectivity index (χ1v) is 8.92. The molecule has 0 spiro atoms. The summed E-state index contributed by atoms with van der Waals surface area (Å²) in [5.41, 5.74) is 1.19. The van der Waals surface area contributed by atoms with Crippen molar-refractivity contribution in [2.45, 2.75) is 19.8 Å². The Morgan fingerprint density at radius 1 is 0.963 bits per heavy atom.